The highest BCUT2D eigenvalue weighted by Gasteiger charge is 2.20. The minimum atomic E-state index is 0.215. The van der Waals surface area contributed by atoms with Gasteiger partial charge >= 0.3 is 6.01 Å². The Balaban J connectivity index is 2.52. The van der Waals surface area contributed by atoms with Gasteiger partial charge in [-0.1, -0.05) is 0 Å². The van der Waals surface area contributed by atoms with Crippen LogP contribution in [-0.2, 0) is 0 Å². The second-order valence-electron chi connectivity index (χ2n) is 2.92. The second kappa shape index (κ2) is 6.25. The zero-order valence-electron chi connectivity index (χ0n) is 8.29. The number of hydrogen-bond donors (Lipinski definition) is 0. The fourth-order valence-corrected chi connectivity index (χ4v) is 4.22. The van der Waals surface area contributed by atoms with E-state index in [1.54, 1.807) is 0 Å². The largest absolute Gasteiger partial charge is 0.422 e. The molecule has 1 heterocycles. The van der Waals surface area contributed by atoms with Gasteiger partial charge in [-0.05, 0) is 79.6 Å². The molecular formula is C9H2Br5N3O. The van der Waals surface area contributed by atoms with Gasteiger partial charge < -0.3 is 4.74 Å². The zero-order valence-corrected chi connectivity index (χ0v) is 16.2. The first-order valence-electron chi connectivity index (χ1n) is 4.33. The SMILES string of the molecule is Brc1c(Br)c(Br)c(Oc2ncncn2)c(Br)c1Br. The Morgan fingerprint density at radius 2 is 1.17 bits per heavy atom. The summed E-state index contributed by atoms with van der Waals surface area (Å²) in [5.41, 5.74) is 0. The number of rotatable bonds is 2. The van der Waals surface area contributed by atoms with Crippen LogP contribution in [0.1, 0.15) is 0 Å². The lowest BCUT2D eigenvalue weighted by atomic mass is 10.3. The third kappa shape index (κ3) is 2.95. The molecule has 0 saturated heterocycles. The van der Waals surface area contributed by atoms with Crippen LogP contribution < -0.4 is 4.74 Å². The molecule has 0 unspecified atom stereocenters. The van der Waals surface area contributed by atoms with E-state index in [9.17, 15) is 0 Å². The van der Waals surface area contributed by atoms with E-state index in [-0.39, 0.29) is 6.01 Å². The maximum atomic E-state index is 5.62. The first-order chi connectivity index (χ1) is 8.52. The molecule has 0 aliphatic heterocycles. The minimum Gasteiger partial charge on any atom is -0.422 e. The molecular weight excluding hydrogens is 566 g/mol. The number of benzene rings is 1. The summed E-state index contributed by atoms with van der Waals surface area (Å²) in [6.45, 7) is 0. The van der Waals surface area contributed by atoms with E-state index < -0.39 is 0 Å². The van der Waals surface area contributed by atoms with Crippen molar-refractivity contribution >= 4 is 79.6 Å². The van der Waals surface area contributed by atoms with Gasteiger partial charge in [0.2, 0.25) is 0 Å². The van der Waals surface area contributed by atoms with Gasteiger partial charge in [-0.25, -0.2) is 4.98 Å². The van der Waals surface area contributed by atoms with Crippen LogP contribution in [0.25, 0.3) is 0 Å². The third-order valence-corrected chi connectivity index (χ3v) is 7.85. The molecule has 2 aromatic rings. The van der Waals surface area contributed by atoms with Crippen LogP contribution in [0.5, 0.6) is 11.8 Å². The van der Waals surface area contributed by atoms with Crippen LogP contribution in [0.4, 0.5) is 0 Å². The van der Waals surface area contributed by atoms with Crippen molar-refractivity contribution in [2.24, 2.45) is 0 Å². The summed E-state index contributed by atoms with van der Waals surface area (Å²) in [5, 5.41) is 0. The van der Waals surface area contributed by atoms with Crippen LogP contribution in [-0.4, -0.2) is 15.0 Å². The summed E-state index contributed by atoms with van der Waals surface area (Å²) in [6, 6.07) is 0.215. The Labute approximate surface area is 145 Å². The van der Waals surface area contributed by atoms with Crippen LogP contribution in [0.2, 0.25) is 0 Å². The van der Waals surface area contributed by atoms with Crippen molar-refractivity contribution in [1.29, 1.82) is 0 Å². The highest BCUT2D eigenvalue weighted by molar-refractivity contribution is 9.15. The van der Waals surface area contributed by atoms with Crippen molar-refractivity contribution in [2.45, 2.75) is 0 Å². The minimum absolute atomic E-state index is 0.215. The quantitative estimate of drug-likeness (QED) is 0.357. The molecule has 18 heavy (non-hydrogen) atoms. The standard InChI is InChI=1S/C9H2Br5N3O/c10-3-4(11)6(13)8(7(14)5(3)12)18-9-16-1-15-2-17-9/h1-2H. The van der Waals surface area contributed by atoms with Gasteiger partial charge in [-0.3, -0.25) is 0 Å². The molecule has 1 aromatic heterocycles. The highest BCUT2D eigenvalue weighted by Crippen LogP contribution is 2.49. The van der Waals surface area contributed by atoms with E-state index in [0.29, 0.717) is 5.75 Å². The molecule has 2 rings (SSSR count). The van der Waals surface area contributed by atoms with Gasteiger partial charge in [-0.2, -0.15) is 9.97 Å². The summed E-state index contributed by atoms with van der Waals surface area (Å²) < 4.78 is 9.61. The predicted molar refractivity (Wildman–Crippen MR) is 84.8 cm³/mol. The molecule has 0 aliphatic rings. The van der Waals surface area contributed by atoms with Crippen molar-refractivity contribution in [2.75, 3.05) is 0 Å². The topological polar surface area (TPSA) is 47.9 Å². The third-order valence-electron chi connectivity index (χ3n) is 1.83. The van der Waals surface area contributed by atoms with E-state index in [1.165, 1.54) is 12.7 Å². The molecule has 1 aromatic carbocycles. The average Bonchev–Trinajstić information content (AvgIpc) is 2.40. The summed E-state index contributed by atoms with van der Waals surface area (Å²) >= 11 is 17.3. The molecule has 0 fully saturated rings. The van der Waals surface area contributed by atoms with Crippen LogP contribution >= 0.6 is 79.6 Å². The van der Waals surface area contributed by atoms with E-state index in [1.807, 2.05) is 0 Å². The Morgan fingerprint density at radius 3 is 1.67 bits per heavy atom. The van der Waals surface area contributed by atoms with E-state index in [4.69, 9.17) is 4.74 Å². The molecule has 0 spiro atoms. The maximum Gasteiger partial charge on any atom is 0.325 e. The Morgan fingerprint density at radius 1 is 0.722 bits per heavy atom. The summed E-state index contributed by atoms with van der Waals surface area (Å²) in [5.74, 6) is 0.558. The lowest BCUT2D eigenvalue weighted by Gasteiger charge is -2.12. The normalized spacial score (nSPS) is 10.5. The number of halogens is 5. The summed E-state index contributed by atoms with van der Waals surface area (Å²) in [7, 11) is 0. The number of hydrogen-bond acceptors (Lipinski definition) is 4. The van der Waals surface area contributed by atoms with Gasteiger partial charge in [0.25, 0.3) is 0 Å². The van der Waals surface area contributed by atoms with Gasteiger partial charge in [-0.15, -0.1) is 0 Å². The smallest absolute Gasteiger partial charge is 0.325 e. The van der Waals surface area contributed by atoms with Crippen molar-refractivity contribution in [1.82, 2.24) is 15.0 Å². The number of aromatic nitrogens is 3. The van der Waals surface area contributed by atoms with Crippen LogP contribution in [0, 0.1) is 0 Å². The molecule has 9 heteroatoms. The molecule has 0 bridgehead atoms. The molecule has 0 amide bonds. The van der Waals surface area contributed by atoms with E-state index >= 15 is 0 Å². The maximum absolute atomic E-state index is 5.62. The van der Waals surface area contributed by atoms with Gasteiger partial charge in [0.1, 0.15) is 12.7 Å². The fraction of sp³-hybridized carbons (Fsp3) is 0. The fourth-order valence-electron chi connectivity index (χ4n) is 1.05. The molecule has 0 atom stereocenters. The Hall–Kier alpha value is 0.430. The van der Waals surface area contributed by atoms with Crippen LogP contribution in [0.15, 0.2) is 35.0 Å². The molecule has 94 valence electrons. The van der Waals surface area contributed by atoms with Gasteiger partial charge in [0.15, 0.2) is 5.75 Å². The van der Waals surface area contributed by atoms with Crippen molar-refractivity contribution in [3.63, 3.8) is 0 Å². The van der Waals surface area contributed by atoms with Crippen molar-refractivity contribution in [3.05, 3.63) is 35.0 Å². The zero-order chi connectivity index (χ0) is 13.3. The molecule has 0 saturated carbocycles. The Kier molecular flexibility index (Phi) is 5.15. The van der Waals surface area contributed by atoms with Gasteiger partial charge in [0.05, 0.1) is 17.9 Å². The highest BCUT2D eigenvalue weighted by atomic mass is 79.9. The average molecular weight is 568 g/mol. The monoisotopic (exact) mass is 563 g/mol. The summed E-state index contributed by atoms with van der Waals surface area (Å²) in [6.07, 6.45) is 2.74. The lowest BCUT2D eigenvalue weighted by molar-refractivity contribution is 0.433. The number of ether oxygens (including phenoxy) is 1. The molecule has 4 nitrogen and oxygen atoms in total. The second-order valence-corrected chi connectivity index (χ2v) is 6.89. The molecule has 0 aliphatic carbocycles. The van der Waals surface area contributed by atoms with E-state index in [0.717, 1.165) is 22.4 Å². The molecule has 0 radical (unpaired) electrons. The van der Waals surface area contributed by atoms with E-state index in [2.05, 4.69) is 94.6 Å². The van der Waals surface area contributed by atoms with Crippen molar-refractivity contribution < 1.29 is 4.74 Å². The van der Waals surface area contributed by atoms with Gasteiger partial charge in [0, 0.05) is 4.47 Å². The molecule has 0 N–H and O–H groups in total. The predicted octanol–water partition coefficient (Wildman–Crippen LogP) is 5.48. The Bertz CT molecular complexity index is 563. The van der Waals surface area contributed by atoms with Crippen molar-refractivity contribution in [3.8, 4) is 11.8 Å². The first-order valence-corrected chi connectivity index (χ1v) is 8.30. The number of nitrogens with zero attached hydrogens (tertiary/aromatic N) is 3. The summed E-state index contributed by atoms with van der Waals surface area (Å²) in [4.78, 5) is 11.5. The first kappa shape index (κ1) is 14.8. The lowest BCUT2D eigenvalue weighted by Crippen LogP contribution is -1.95. The van der Waals surface area contributed by atoms with Crippen LogP contribution in [0.3, 0.4) is 0 Å².